The molecule has 19 heavy (non-hydrogen) atoms. The molecule has 0 saturated carbocycles. The van der Waals surface area contributed by atoms with Crippen molar-refractivity contribution < 1.29 is 9.47 Å². The van der Waals surface area contributed by atoms with E-state index < -0.39 is 0 Å². The summed E-state index contributed by atoms with van der Waals surface area (Å²) in [5.41, 5.74) is 9.44. The summed E-state index contributed by atoms with van der Waals surface area (Å²) in [5.74, 6) is 0. The van der Waals surface area contributed by atoms with Crippen LogP contribution in [0.4, 0.5) is 5.69 Å². The molecule has 1 rings (SSSR count). The molecule has 0 heterocycles. The molecule has 0 aliphatic carbocycles. The number of anilines is 1. The fourth-order valence-electron chi connectivity index (χ4n) is 2.26. The van der Waals surface area contributed by atoms with Gasteiger partial charge in [-0.25, -0.2) is 0 Å². The van der Waals surface area contributed by atoms with Crippen molar-refractivity contribution in [1.82, 2.24) is 0 Å². The van der Waals surface area contributed by atoms with Crippen LogP contribution in [0.2, 0.25) is 0 Å². The molecule has 0 spiro atoms. The lowest BCUT2D eigenvalue weighted by molar-refractivity contribution is 0.171. The minimum absolute atomic E-state index is 0.285. The standard InChI is InChI=1S/C15H26N2O2/c1-12-5-6-15(14(9-12)10-16)17(7-8-18-3)13(2)11-19-4/h5-6,9,13H,7-8,10-11,16H2,1-4H3. The second-order valence-corrected chi connectivity index (χ2v) is 4.83. The number of benzene rings is 1. The summed E-state index contributed by atoms with van der Waals surface area (Å²) >= 11 is 0. The Kier molecular flexibility index (Phi) is 6.84. The fourth-order valence-corrected chi connectivity index (χ4v) is 2.26. The molecule has 1 atom stereocenters. The lowest BCUT2D eigenvalue weighted by atomic mass is 10.1. The van der Waals surface area contributed by atoms with Gasteiger partial charge in [-0.3, -0.25) is 0 Å². The number of nitrogens with two attached hydrogens (primary N) is 1. The van der Waals surface area contributed by atoms with Crippen molar-refractivity contribution in [1.29, 1.82) is 0 Å². The highest BCUT2D eigenvalue weighted by Gasteiger charge is 2.17. The van der Waals surface area contributed by atoms with Crippen LogP contribution in [-0.2, 0) is 16.0 Å². The van der Waals surface area contributed by atoms with Crippen LogP contribution in [0.15, 0.2) is 18.2 Å². The molecule has 0 aromatic heterocycles. The Morgan fingerprint density at radius 1 is 1.26 bits per heavy atom. The first-order valence-electron chi connectivity index (χ1n) is 6.68. The van der Waals surface area contributed by atoms with E-state index in [0.717, 1.165) is 6.54 Å². The minimum atomic E-state index is 0.285. The number of ether oxygens (including phenoxy) is 2. The number of nitrogens with zero attached hydrogens (tertiary/aromatic N) is 1. The average molecular weight is 266 g/mol. The van der Waals surface area contributed by atoms with Crippen molar-refractivity contribution >= 4 is 5.69 Å². The van der Waals surface area contributed by atoms with Gasteiger partial charge in [0.05, 0.1) is 13.2 Å². The van der Waals surface area contributed by atoms with E-state index >= 15 is 0 Å². The fraction of sp³-hybridized carbons (Fsp3) is 0.600. The van der Waals surface area contributed by atoms with Gasteiger partial charge in [-0.1, -0.05) is 17.7 Å². The minimum Gasteiger partial charge on any atom is -0.383 e. The quantitative estimate of drug-likeness (QED) is 0.781. The summed E-state index contributed by atoms with van der Waals surface area (Å²) in [4.78, 5) is 2.30. The molecule has 0 radical (unpaired) electrons. The SMILES string of the molecule is COCCN(c1ccc(C)cc1CN)C(C)COC. The number of hydrogen-bond acceptors (Lipinski definition) is 4. The summed E-state index contributed by atoms with van der Waals surface area (Å²) in [5, 5.41) is 0. The Morgan fingerprint density at radius 2 is 2.00 bits per heavy atom. The van der Waals surface area contributed by atoms with Crippen molar-refractivity contribution in [3.05, 3.63) is 29.3 Å². The van der Waals surface area contributed by atoms with E-state index in [0.29, 0.717) is 19.8 Å². The molecule has 0 aliphatic rings. The van der Waals surface area contributed by atoms with Crippen LogP contribution in [0, 0.1) is 6.92 Å². The number of aryl methyl sites for hydroxylation is 1. The Balaban J connectivity index is 3.01. The van der Waals surface area contributed by atoms with Gasteiger partial charge in [0.25, 0.3) is 0 Å². The monoisotopic (exact) mass is 266 g/mol. The van der Waals surface area contributed by atoms with Crippen molar-refractivity contribution in [2.24, 2.45) is 5.73 Å². The third-order valence-electron chi connectivity index (χ3n) is 3.24. The molecule has 108 valence electrons. The van der Waals surface area contributed by atoms with Gasteiger partial charge in [-0.05, 0) is 25.5 Å². The first-order valence-corrected chi connectivity index (χ1v) is 6.68. The highest BCUT2D eigenvalue weighted by Crippen LogP contribution is 2.23. The van der Waals surface area contributed by atoms with Crippen LogP contribution >= 0.6 is 0 Å². The first-order chi connectivity index (χ1) is 9.13. The van der Waals surface area contributed by atoms with Gasteiger partial charge in [0, 0.05) is 39.0 Å². The summed E-state index contributed by atoms with van der Waals surface area (Å²) < 4.78 is 10.5. The predicted molar refractivity (Wildman–Crippen MR) is 79.6 cm³/mol. The van der Waals surface area contributed by atoms with Crippen LogP contribution in [0.3, 0.4) is 0 Å². The molecule has 0 amide bonds. The normalized spacial score (nSPS) is 12.5. The van der Waals surface area contributed by atoms with Gasteiger partial charge in [-0.2, -0.15) is 0 Å². The second-order valence-electron chi connectivity index (χ2n) is 4.83. The van der Waals surface area contributed by atoms with E-state index in [1.54, 1.807) is 14.2 Å². The maximum absolute atomic E-state index is 5.87. The molecule has 0 bridgehead atoms. The summed E-state index contributed by atoms with van der Waals surface area (Å²) in [7, 11) is 3.45. The molecule has 1 aromatic rings. The van der Waals surface area contributed by atoms with Gasteiger partial charge in [-0.15, -0.1) is 0 Å². The number of methoxy groups -OCH3 is 2. The zero-order valence-corrected chi connectivity index (χ0v) is 12.5. The third kappa shape index (κ3) is 4.49. The Labute approximate surface area is 116 Å². The van der Waals surface area contributed by atoms with Crippen molar-refractivity contribution in [3.63, 3.8) is 0 Å². The van der Waals surface area contributed by atoms with Crippen molar-refractivity contribution in [3.8, 4) is 0 Å². The number of rotatable bonds is 8. The Morgan fingerprint density at radius 3 is 2.58 bits per heavy atom. The molecular formula is C15H26N2O2. The zero-order valence-electron chi connectivity index (χ0n) is 12.5. The third-order valence-corrected chi connectivity index (χ3v) is 3.24. The molecule has 0 fully saturated rings. The maximum Gasteiger partial charge on any atom is 0.0663 e. The molecule has 1 aromatic carbocycles. The summed E-state index contributed by atoms with van der Waals surface area (Å²) in [6, 6.07) is 6.69. The smallest absolute Gasteiger partial charge is 0.0663 e. The Bertz CT molecular complexity index is 382. The molecule has 0 aliphatic heterocycles. The van der Waals surface area contributed by atoms with Gasteiger partial charge in [0.1, 0.15) is 0 Å². The van der Waals surface area contributed by atoms with Gasteiger partial charge < -0.3 is 20.1 Å². The largest absolute Gasteiger partial charge is 0.383 e. The molecule has 0 saturated heterocycles. The van der Waals surface area contributed by atoms with E-state index in [2.05, 4.69) is 36.9 Å². The lowest BCUT2D eigenvalue weighted by Crippen LogP contribution is -2.39. The highest BCUT2D eigenvalue weighted by molar-refractivity contribution is 5.55. The molecule has 4 nitrogen and oxygen atoms in total. The van der Waals surface area contributed by atoms with Crippen LogP contribution < -0.4 is 10.6 Å². The van der Waals surface area contributed by atoms with Gasteiger partial charge >= 0.3 is 0 Å². The van der Waals surface area contributed by atoms with Gasteiger partial charge in [0.15, 0.2) is 0 Å². The second kappa shape index (κ2) is 8.15. The van der Waals surface area contributed by atoms with E-state index in [-0.39, 0.29) is 6.04 Å². The lowest BCUT2D eigenvalue weighted by Gasteiger charge is -2.32. The highest BCUT2D eigenvalue weighted by atomic mass is 16.5. The van der Waals surface area contributed by atoms with Crippen molar-refractivity contribution in [2.45, 2.75) is 26.4 Å². The molecule has 1 unspecified atom stereocenters. The van der Waals surface area contributed by atoms with Crippen LogP contribution in [0.25, 0.3) is 0 Å². The van der Waals surface area contributed by atoms with Crippen molar-refractivity contribution in [2.75, 3.05) is 38.9 Å². The van der Waals surface area contributed by atoms with E-state index in [1.165, 1.54) is 16.8 Å². The molecular weight excluding hydrogens is 240 g/mol. The maximum atomic E-state index is 5.87. The van der Waals surface area contributed by atoms with E-state index in [4.69, 9.17) is 15.2 Å². The summed E-state index contributed by atoms with van der Waals surface area (Å²) in [6.45, 7) is 6.98. The number of hydrogen-bond donors (Lipinski definition) is 1. The molecule has 4 heteroatoms. The topological polar surface area (TPSA) is 47.7 Å². The van der Waals surface area contributed by atoms with Crippen LogP contribution in [-0.4, -0.2) is 40.0 Å². The Hall–Kier alpha value is -1.10. The first kappa shape index (κ1) is 16.0. The van der Waals surface area contributed by atoms with E-state index in [1.807, 2.05) is 0 Å². The van der Waals surface area contributed by atoms with Crippen LogP contribution in [0.1, 0.15) is 18.1 Å². The summed E-state index contributed by atoms with van der Waals surface area (Å²) in [6.07, 6.45) is 0. The average Bonchev–Trinajstić information content (AvgIpc) is 2.40. The predicted octanol–water partition coefficient (Wildman–Crippen LogP) is 1.94. The van der Waals surface area contributed by atoms with Gasteiger partial charge in [0.2, 0.25) is 0 Å². The van der Waals surface area contributed by atoms with Crippen LogP contribution in [0.5, 0.6) is 0 Å². The zero-order chi connectivity index (χ0) is 14.3. The molecule has 2 N–H and O–H groups in total. The van der Waals surface area contributed by atoms with E-state index in [9.17, 15) is 0 Å².